The number of alkyl halides is 1. The van der Waals surface area contributed by atoms with Crippen molar-refractivity contribution in [3.63, 3.8) is 0 Å². The van der Waals surface area contributed by atoms with E-state index in [9.17, 15) is 0 Å². The molecule has 0 aromatic carbocycles. The molecule has 1 atom stereocenters. The van der Waals surface area contributed by atoms with E-state index in [0.29, 0.717) is 6.04 Å². The van der Waals surface area contributed by atoms with E-state index in [1.165, 1.54) is 5.75 Å². The second-order valence-electron chi connectivity index (χ2n) is 2.33. The van der Waals surface area contributed by atoms with Gasteiger partial charge in [0.2, 0.25) is 0 Å². The molecule has 0 aliphatic rings. The molecule has 0 aromatic heterocycles. The molecule has 0 radical (unpaired) electrons. The predicted octanol–water partition coefficient (Wildman–Crippen LogP) is 1.96. The molecule has 1 unspecified atom stereocenters. The van der Waals surface area contributed by atoms with Gasteiger partial charge in [-0.15, -0.1) is 11.6 Å². The third-order valence-corrected chi connectivity index (χ3v) is 2.17. The highest BCUT2D eigenvalue weighted by Gasteiger charge is 1.97. The minimum atomic E-state index is 0.574. The fraction of sp³-hybridized carbons (Fsp3) is 1.00. The van der Waals surface area contributed by atoms with E-state index in [-0.39, 0.29) is 0 Å². The summed E-state index contributed by atoms with van der Waals surface area (Å²) in [6.45, 7) is 3.27. The highest BCUT2D eigenvalue weighted by Crippen LogP contribution is 1.94. The molecule has 1 nitrogen and oxygen atoms in total. The van der Waals surface area contributed by atoms with Gasteiger partial charge in [-0.2, -0.15) is 11.8 Å². The number of hydrogen-bond donors (Lipinski definition) is 1. The first-order valence-corrected chi connectivity index (χ1v) is 5.52. The van der Waals surface area contributed by atoms with E-state index in [4.69, 9.17) is 11.6 Å². The molecule has 0 heterocycles. The quantitative estimate of drug-likeness (QED) is 0.497. The Morgan fingerprint density at radius 3 is 2.80 bits per heavy atom. The Morgan fingerprint density at radius 2 is 2.30 bits per heavy atom. The topological polar surface area (TPSA) is 12.0 Å². The molecule has 0 saturated heterocycles. The molecule has 0 rings (SSSR count). The third kappa shape index (κ3) is 6.72. The Morgan fingerprint density at radius 1 is 1.60 bits per heavy atom. The van der Waals surface area contributed by atoms with E-state index in [2.05, 4.69) is 18.5 Å². The molecule has 10 heavy (non-hydrogen) atoms. The molecule has 0 amide bonds. The van der Waals surface area contributed by atoms with Crippen LogP contribution >= 0.6 is 23.4 Å². The lowest BCUT2D eigenvalue weighted by atomic mass is 10.3. The highest BCUT2D eigenvalue weighted by atomic mass is 35.5. The largest absolute Gasteiger partial charge is 0.313 e. The van der Waals surface area contributed by atoms with Gasteiger partial charge in [0.05, 0.1) is 0 Å². The van der Waals surface area contributed by atoms with Gasteiger partial charge in [-0.3, -0.25) is 0 Å². The molecule has 1 N–H and O–H groups in total. The maximum Gasteiger partial charge on any atom is 0.0238 e. The molecule has 0 aliphatic carbocycles. The fourth-order valence-electron chi connectivity index (χ4n) is 0.673. The lowest BCUT2D eigenvalue weighted by Gasteiger charge is -2.10. The summed E-state index contributed by atoms with van der Waals surface area (Å²) in [5.74, 6) is 1.94. The van der Waals surface area contributed by atoms with E-state index in [0.717, 1.165) is 18.8 Å². The summed E-state index contributed by atoms with van der Waals surface area (Å²) in [4.78, 5) is 0. The molecule has 0 aromatic rings. The molecule has 0 bridgehead atoms. The minimum absolute atomic E-state index is 0.574. The molecule has 0 saturated carbocycles. The standard InChI is InChI=1S/C7H16ClNS/c1-7(3-4-8)9-5-6-10-2/h7,9H,3-6H2,1-2H3. The summed E-state index contributed by atoms with van der Waals surface area (Å²) in [5.41, 5.74) is 0. The zero-order valence-corrected chi connectivity index (χ0v) is 8.26. The predicted molar refractivity (Wildman–Crippen MR) is 51.2 cm³/mol. The Bertz CT molecular complexity index is 70.6. The van der Waals surface area contributed by atoms with Crippen molar-refractivity contribution in [3.8, 4) is 0 Å². The third-order valence-electron chi connectivity index (χ3n) is 1.34. The fourth-order valence-corrected chi connectivity index (χ4v) is 1.32. The van der Waals surface area contributed by atoms with Gasteiger partial charge < -0.3 is 5.32 Å². The zero-order valence-electron chi connectivity index (χ0n) is 6.69. The normalized spacial score (nSPS) is 13.5. The lowest BCUT2D eigenvalue weighted by Crippen LogP contribution is -2.28. The van der Waals surface area contributed by atoms with Crippen LogP contribution < -0.4 is 5.32 Å². The molecule has 0 fully saturated rings. The maximum absolute atomic E-state index is 5.56. The Kier molecular flexibility index (Phi) is 8.17. The Balaban J connectivity index is 2.97. The molecular weight excluding hydrogens is 166 g/mol. The van der Waals surface area contributed by atoms with Crippen LogP contribution in [-0.4, -0.2) is 30.5 Å². The van der Waals surface area contributed by atoms with E-state index in [1.807, 2.05) is 11.8 Å². The van der Waals surface area contributed by atoms with Gasteiger partial charge in [0, 0.05) is 24.2 Å². The monoisotopic (exact) mass is 181 g/mol. The van der Waals surface area contributed by atoms with Crippen LogP contribution in [0.5, 0.6) is 0 Å². The van der Waals surface area contributed by atoms with Gasteiger partial charge in [-0.1, -0.05) is 0 Å². The van der Waals surface area contributed by atoms with Gasteiger partial charge in [-0.05, 0) is 19.6 Å². The smallest absolute Gasteiger partial charge is 0.0238 e. The number of rotatable bonds is 6. The van der Waals surface area contributed by atoms with Gasteiger partial charge in [0.1, 0.15) is 0 Å². The summed E-state index contributed by atoms with van der Waals surface area (Å²) in [7, 11) is 0. The maximum atomic E-state index is 5.56. The summed E-state index contributed by atoms with van der Waals surface area (Å²) in [6.07, 6.45) is 3.18. The van der Waals surface area contributed by atoms with Crippen LogP contribution in [0, 0.1) is 0 Å². The lowest BCUT2D eigenvalue weighted by molar-refractivity contribution is 0.558. The summed E-state index contributed by atoms with van der Waals surface area (Å²) in [5, 5.41) is 3.38. The van der Waals surface area contributed by atoms with Crippen LogP contribution in [0.1, 0.15) is 13.3 Å². The highest BCUT2D eigenvalue weighted by molar-refractivity contribution is 7.98. The van der Waals surface area contributed by atoms with Crippen molar-refractivity contribution in [1.29, 1.82) is 0 Å². The number of nitrogens with one attached hydrogen (secondary N) is 1. The van der Waals surface area contributed by atoms with Gasteiger partial charge >= 0.3 is 0 Å². The average Bonchev–Trinajstić information content (AvgIpc) is 1.89. The SMILES string of the molecule is CSCCNC(C)CCCl. The van der Waals surface area contributed by atoms with Crippen molar-refractivity contribution in [2.45, 2.75) is 19.4 Å². The van der Waals surface area contributed by atoms with Crippen molar-refractivity contribution in [2.75, 3.05) is 24.4 Å². The first kappa shape index (κ1) is 10.6. The van der Waals surface area contributed by atoms with Crippen molar-refractivity contribution in [1.82, 2.24) is 5.32 Å². The van der Waals surface area contributed by atoms with Crippen molar-refractivity contribution < 1.29 is 0 Å². The Labute approximate surface area is 72.9 Å². The van der Waals surface area contributed by atoms with Gasteiger partial charge in [0.15, 0.2) is 0 Å². The van der Waals surface area contributed by atoms with Crippen molar-refractivity contribution in [2.24, 2.45) is 0 Å². The first-order chi connectivity index (χ1) is 4.81. The summed E-state index contributed by atoms with van der Waals surface area (Å²) >= 11 is 7.43. The van der Waals surface area contributed by atoms with Crippen LogP contribution in [0.2, 0.25) is 0 Å². The minimum Gasteiger partial charge on any atom is -0.313 e. The molecule has 62 valence electrons. The van der Waals surface area contributed by atoms with Gasteiger partial charge in [-0.25, -0.2) is 0 Å². The Hall–Kier alpha value is 0.600. The van der Waals surface area contributed by atoms with Crippen LogP contribution in [0.15, 0.2) is 0 Å². The van der Waals surface area contributed by atoms with Crippen molar-refractivity contribution >= 4 is 23.4 Å². The molecule has 0 spiro atoms. The van der Waals surface area contributed by atoms with E-state index < -0.39 is 0 Å². The molecular formula is C7H16ClNS. The van der Waals surface area contributed by atoms with Crippen molar-refractivity contribution in [3.05, 3.63) is 0 Å². The van der Waals surface area contributed by atoms with Crippen LogP contribution in [0.25, 0.3) is 0 Å². The van der Waals surface area contributed by atoms with E-state index >= 15 is 0 Å². The van der Waals surface area contributed by atoms with Crippen LogP contribution in [0.4, 0.5) is 0 Å². The second kappa shape index (κ2) is 7.70. The van der Waals surface area contributed by atoms with E-state index in [1.54, 1.807) is 0 Å². The number of halogens is 1. The summed E-state index contributed by atoms with van der Waals surface area (Å²) < 4.78 is 0. The molecule has 0 aliphatic heterocycles. The van der Waals surface area contributed by atoms with Crippen LogP contribution in [0.3, 0.4) is 0 Å². The zero-order chi connectivity index (χ0) is 7.82. The number of hydrogen-bond acceptors (Lipinski definition) is 2. The van der Waals surface area contributed by atoms with Crippen LogP contribution in [-0.2, 0) is 0 Å². The second-order valence-corrected chi connectivity index (χ2v) is 3.69. The average molecular weight is 182 g/mol. The molecule has 3 heteroatoms. The summed E-state index contributed by atoms with van der Waals surface area (Å²) in [6, 6.07) is 0.574. The number of thioether (sulfide) groups is 1. The first-order valence-electron chi connectivity index (χ1n) is 3.59. The van der Waals surface area contributed by atoms with Gasteiger partial charge in [0.25, 0.3) is 0 Å².